The van der Waals surface area contributed by atoms with E-state index in [-0.39, 0.29) is 34.0 Å². The SMILES string of the molecule is CN(C(=O)c1[nH]cnc1C(N)=O)C1CCC2(CCCN(c3cc(F)c(F)cc3Cl)C2=O)CC1. The number of aromatic nitrogens is 2. The van der Waals surface area contributed by atoms with Crippen LogP contribution in [0.5, 0.6) is 0 Å². The quantitative estimate of drug-likeness (QED) is 0.655. The van der Waals surface area contributed by atoms with E-state index in [2.05, 4.69) is 9.97 Å². The number of benzene rings is 1. The Hall–Kier alpha value is -3.01. The molecule has 33 heavy (non-hydrogen) atoms. The van der Waals surface area contributed by atoms with Gasteiger partial charge in [-0.2, -0.15) is 0 Å². The fraction of sp³-hybridized carbons (Fsp3) is 0.455. The lowest BCUT2D eigenvalue weighted by atomic mass is 9.67. The van der Waals surface area contributed by atoms with E-state index in [1.165, 1.54) is 11.2 Å². The van der Waals surface area contributed by atoms with Crippen molar-refractivity contribution >= 4 is 35.0 Å². The smallest absolute Gasteiger partial charge is 0.272 e. The van der Waals surface area contributed by atoms with Crippen molar-refractivity contribution in [1.29, 1.82) is 0 Å². The number of primary amides is 1. The third-order valence-corrected chi connectivity index (χ3v) is 7.19. The third kappa shape index (κ3) is 4.07. The molecule has 0 radical (unpaired) electrons. The number of imidazole rings is 1. The molecule has 1 aromatic heterocycles. The van der Waals surface area contributed by atoms with Crippen LogP contribution in [0.3, 0.4) is 0 Å². The molecule has 1 aromatic carbocycles. The van der Waals surface area contributed by atoms with Gasteiger partial charge >= 0.3 is 0 Å². The second-order valence-electron chi connectivity index (χ2n) is 8.70. The monoisotopic (exact) mass is 479 g/mol. The summed E-state index contributed by atoms with van der Waals surface area (Å²) in [7, 11) is 1.65. The first-order chi connectivity index (χ1) is 15.6. The molecule has 11 heteroatoms. The van der Waals surface area contributed by atoms with Crippen LogP contribution < -0.4 is 10.6 Å². The number of piperidine rings is 1. The van der Waals surface area contributed by atoms with Gasteiger partial charge in [0.15, 0.2) is 17.3 Å². The number of H-pyrrole nitrogens is 1. The molecule has 1 saturated heterocycles. The zero-order valence-corrected chi connectivity index (χ0v) is 18.8. The van der Waals surface area contributed by atoms with Gasteiger partial charge in [-0.1, -0.05) is 11.6 Å². The van der Waals surface area contributed by atoms with E-state index in [9.17, 15) is 23.2 Å². The van der Waals surface area contributed by atoms with Crippen LogP contribution in [0.4, 0.5) is 14.5 Å². The zero-order chi connectivity index (χ0) is 23.9. The maximum absolute atomic E-state index is 13.8. The number of rotatable bonds is 4. The van der Waals surface area contributed by atoms with E-state index in [0.29, 0.717) is 45.1 Å². The third-order valence-electron chi connectivity index (χ3n) is 6.88. The number of carbonyl (C=O) groups is 3. The molecule has 1 spiro atoms. The summed E-state index contributed by atoms with van der Waals surface area (Å²) >= 11 is 6.13. The van der Waals surface area contributed by atoms with Crippen molar-refractivity contribution in [3.8, 4) is 0 Å². The molecule has 3 N–H and O–H groups in total. The number of amides is 3. The number of nitrogens with zero attached hydrogens (tertiary/aromatic N) is 3. The Morgan fingerprint density at radius 1 is 1.24 bits per heavy atom. The topological polar surface area (TPSA) is 112 Å². The number of nitrogens with one attached hydrogen (secondary N) is 1. The molecule has 1 aliphatic carbocycles. The minimum atomic E-state index is -1.06. The van der Waals surface area contributed by atoms with Gasteiger partial charge in [-0.15, -0.1) is 0 Å². The average molecular weight is 480 g/mol. The molecule has 176 valence electrons. The minimum Gasteiger partial charge on any atom is -0.364 e. The van der Waals surface area contributed by atoms with Crippen LogP contribution in [0.15, 0.2) is 18.5 Å². The van der Waals surface area contributed by atoms with Gasteiger partial charge in [0.05, 0.1) is 17.0 Å². The molecule has 2 fully saturated rings. The standard InChI is InChI=1S/C22H24ClF2N5O3/c1-29(20(32)18-17(19(26)31)27-11-28-18)12-3-6-22(7-4-12)5-2-8-30(21(22)33)16-10-15(25)14(24)9-13(16)23/h9-12H,2-8H2,1H3,(H2,26,31)(H,27,28). The highest BCUT2D eigenvalue weighted by molar-refractivity contribution is 6.33. The highest BCUT2D eigenvalue weighted by atomic mass is 35.5. The molecule has 4 rings (SSSR count). The van der Waals surface area contributed by atoms with E-state index < -0.39 is 28.9 Å². The van der Waals surface area contributed by atoms with Gasteiger partial charge < -0.3 is 20.5 Å². The molecule has 0 unspecified atom stereocenters. The summed E-state index contributed by atoms with van der Waals surface area (Å²) in [6.07, 6.45) is 4.86. The lowest BCUT2D eigenvalue weighted by Crippen LogP contribution is -2.52. The number of hydrogen-bond donors (Lipinski definition) is 2. The molecule has 1 saturated carbocycles. The van der Waals surface area contributed by atoms with Gasteiger partial charge in [0, 0.05) is 31.1 Å². The van der Waals surface area contributed by atoms with Crippen LogP contribution >= 0.6 is 11.6 Å². The van der Waals surface area contributed by atoms with Crippen molar-refractivity contribution in [2.24, 2.45) is 11.1 Å². The van der Waals surface area contributed by atoms with E-state index in [0.717, 1.165) is 12.1 Å². The van der Waals surface area contributed by atoms with Crippen LogP contribution in [-0.2, 0) is 4.79 Å². The summed E-state index contributed by atoms with van der Waals surface area (Å²) in [5.74, 6) is -3.46. The molecule has 0 atom stereocenters. The Bertz CT molecular complexity index is 1110. The maximum atomic E-state index is 13.8. The summed E-state index contributed by atoms with van der Waals surface area (Å²) in [5, 5.41) is -0.0110. The van der Waals surface area contributed by atoms with Crippen molar-refractivity contribution in [2.45, 2.75) is 44.6 Å². The van der Waals surface area contributed by atoms with Gasteiger partial charge in [0.2, 0.25) is 5.91 Å². The molecule has 8 nitrogen and oxygen atoms in total. The van der Waals surface area contributed by atoms with Crippen LogP contribution in [-0.4, -0.2) is 52.2 Å². The van der Waals surface area contributed by atoms with Gasteiger partial charge in [-0.3, -0.25) is 14.4 Å². The van der Waals surface area contributed by atoms with Gasteiger partial charge in [0.25, 0.3) is 11.8 Å². The van der Waals surface area contributed by atoms with Crippen LogP contribution in [0.1, 0.15) is 59.5 Å². The maximum Gasteiger partial charge on any atom is 0.272 e. The second kappa shape index (κ2) is 8.74. The van der Waals surface area contributed by atoms with E-state index in [1.54, 1.807) is 11.9 Å². The number of hydrogen-bond acceptors (Lipinski definition) is 4. The van der Waals surface area contributed by atoms with E-state index in [1.807, 2.05) is 0 Å². The fourth-order valence-electron chi connectivity index (χ4n) is 5.01. The van der Waals surface area contributed by atoms with Gasteiger partial charge in [-0.25, -0.2) is 13.8 Å². The Balaban J connectivity index is 1.48. The van der Waals surface area contributed by atoms with Crippen molar-refractivity contribution in [3.05, 3.63) is 46.5 Å². The molecule has 2 aliphatic rings. The molecule has 2 heterocycles. The normalized spacial score (nSPS) is 23.1. The summed E-state index contributed by atoms with van der Waals surface area (Å²) in [4.78, 5) is 47.4. The largest absolute Gasteiger partial charge is 0.364 e. The Labute approximate surface area is 194 Å². The highest BCUT2D eigenvalue weighted by Gasteiger charge is 2.47. The number of aromatic amines is 1. The van der Waals surface area contributed by atoms with Crippen LogP contribution in [0, 0.1) is 17.0 Å². The first kappa shape index (κ1) is 23.2. The van der Waals surface area contributed by atoms with Crippen LogP contribution in [0.25, 0.3) is 0 Å². The Morgan fingerprint density at radius 3 is 2.58 bits per heavy atom. The van der Waals surface area contributed by atoms with Crippen molar-refractivity contribution < 1.29 is 23.2 Å². The number of carbonyl (C=O) groups excluding carboxylic acids is 3. The van der Waals surface area contributed by atoms with Crippen molar-refractivity contribution in [2.75, 3.05) is 18.5 Å². The molecule has 1 aliphatic heterocycles. The molecule has 2 aromatic rings. The summed E-state index contributed by atoms with van der Waals surface area (Å²) in [5.41, 5.74) is 4.75. The lowest BCUT2D eigenvalue weighted by Gasteiger charge is -2.46. The van der Waals surface area contributed by atoms with E-state index >= 15 is 0 Å². The molecular formula is C22H24ClF2N5O3. The van der Waals surface area contributed by atoms with Gasteiger partial charge in [-0.05, 0) is 44.6 Å². The first-order valence-corrected chi connectivity index (χ1v) is 11.1. The highest BCUT2D eigenvalue weighted by Crippen LogP contribution is 2.47. The zero-order valence-electron chi connectivity index (χ0n) is 18.0. The minimum absolute atomic E-state index is 0.0110. The second-order valence-corrected chi connectivity index (χ2v) is 9.10. The van der Waals surface area contributed by atoms with Crippen molar-refractivity contribution in [3.63, 3.8) is 0 Å². The predicted molar refractivity (Wildman–Crippen MR) is 117 cm³/mol. The Kier molecular flexibility index (Phi) is 6.13. The van der Waals surface area contributed by atoms with Crippen molar-refractivity contribution in [1.82, 2.24) is 14.9 Å². The fourth-order valence-corrected chi connectivity index (χ4v) is 5.26. The molecular weight excluding hydrogens is 456 g/mol. The number of anilines is 1. The first-order valence-electron chi connectivity index (χ1n) is 10.7. The Morgan fingerprint density at radius 2 is 1.91 bits per heavy atom. The predicted octanol–water partition coefficient (Wildman–Crippen LogP) is 3.27. The summed E-state index contributed by atoms with van der Waals surface area (Å²) in [6.45, 7) is 0.378. The van der Waals surface area contributed by atoms with E-state index in [4.69, 9.17) is 17.3 Å². The number of halogens is 3. The lowest BCUT2D eigenvalue weighted by molar-refractivity contribution is -0.133. The van der Waals surface area contributed by atoms with Crippen LogP contribution in [0.2, 0.25) is 5.02 Å². The summed E-state index contributed by atoms with van der Waals surface area (Å²) < 4.78 is 27.3. The molecule has 3 amide bonds. The average Bonchev–Trinajstić information content (AvgIpc) is 3.28. The number of nitrogens with two attached hydrogens (primary N) is 1. The molecule has 0 bridgehead atoms. The van der Waals surface area contributed by atoms with Gasteiger partial charge in [0.1, 0.15) is 5.69 Å². The summed E-state index contributed by atoms with van der Waals surface area (Å²) in [6, 6.07) is 1.71.